The zero-order valence-electron chi connectivity index (χ0n) is 7.79. The van der Waals surface area contributed by atoms with Crippen molar-refractivity contribution < 1.29 is 0 Å². The highest BCUT2D eigenvalue weighted by Crippen LogP contribution is 2.45. The molecule has 2 aromatic heterocycles. The van der Waals surface area contributed by atoms with E-state index in [1.807, 2.05) is 11.3 Å². The zero-order chi connectivity index (χ0) is 8.84. The molecule has 0 saturated heterocycles. The van der Waals surface area contributed by atoms with Crippen LogP contribution < -0.4 is 0 Å². The van der Waals surface area contributed by atoms with Crippen LogP contribution in [0.25, 0.3) is 10.2 Å². The minimum Gasteiger partial charge on any atom is -0.347 e. The quantitative estimate of drug-likeness (QED) is 0.683. The van der Waals surface area contributed by atoms with E-state index >= 15 is 0 Å². The smallest absolute Gasteiger partial charge is 0.0592 e. The Hall–Kier alpha value is -0.760. The van der Waals surface area contributed by atoms with Gasteiger partial charge in [0.25, 0.3) is 0 Å². The third kappa shape index (κ3) is 1.05. The zero-order valence-corrected chi connectivity index (χ0v) is 8.60. The average molecular weight is 191 g/mol. The SMILES string of the molecule is CCn1cc(C2CC2)c2sccc21. The van der Waals surface area contributed by atoms with Crippen molar-refractivity contribution in [3.8, 4) is 0 Å². The summed E-state index contributed by atoms with van der Waals surface area (Å²) in [6.45, 7) is 3.31. The number of hydrogen-bond acceptors (Lipinski definition) is 1. The Kier molecular flexibility index (Phi) is 1.53. The van der Waals surface area contributed by atoms with E-state index in [-0.39, 0.29) is 0 Å². The van der Waals surface area contributed by atoms with Crippen molar-refractivity contribution >= 4 is 21.6 Å². The van der Waals surface area contributed by atoms with E-state index in [2.05, 4.69) is 29.1 Å². The molecule has 0 aromatic carbocycles. The third-order valence-corrected chi connectivity index (χ3v) is 3.82. The van der Waals surface area contributed by atoms with Crippen LogP contribution in [0.1, 0.15) is 31.2 Å². The first kappa shape index (κ1) is 7.63. The number of fused-ring (bicyclic) bond motifs is 1. The first-order valence-corrected chi connectivity index (χ1v) is 5.84. The van der Waals surface area contributed by atoms with Crippen molar-refractivity contribution in [1.82, 2.24) is 4.57 Å². The van der Waals surface area contributed by atoms with E-state index in [0.29, 0.717) is 0 Å². The molecule has 13 heavy (non-hydrogen) atoms. The molecule has 0 amide bonds. The van der Waals surface area contributed by atoms with E-state index in [9.17, 15) is 0 Å². The molecule has 1 nitrogen and oxygen atoms in total. The molecule has 0 N–H and O–H groups in total. The fourth-order valence-corrected chi connectivity index (χ4v) is 2.98. The van der Waals surface area contributed by atoms with Crippen LogP contribution in [0.4, 0.5) is 0 Å². The van der Waals surface area contributed by atoms with Crippen LogP contribution >= 0.6 is 11.3 Å². The Morgan fingerprint density at radius 3 is 3.08 bits per heavy atom. The lowest BCUT2D eigenvalue weighted by Crippen LogP contribution is -1.89. The van der Waals surface area contributed by atoms with Crippen molar-refractivity contribution in [2.75, 3.05) is 0 Å². The second-order valence-electron chi connectivity index (χ2n) is 3.78. The molecule has 0 atom stereocenters. The lowest BCUT2D eigenvalue weighted by Gasteiger charge is -1.95. The number of thiophene rings is 1. The maximum Gasteiger partial charge on any atom is 0.0592 e. The van der Waals surface area contributed by atoms with Crippen LogP contribution in [0.2, 0.25) is 0 Å². The summed E-state index contributed by atoms with van der Waals surface area (Å²) >= 11 is 1.90. The molecule has 3 rings (SSSR count). The van der Waals surface area contributed by atoms with E-state index in [1.54, 1.807) is 5.56 Å². The Bertz CT molecular complexity index is 434. The Labute approximate surface area is 82.0 Å². The van der Waals surface area contributed by atoms with Crippen LogP contribution in [0.3, 0.4) is 0 Å². The summed E-state index contributed by atoms with van der Waals surface area (Å²) in [7, 11) is 0. The monoisotopic (exact) mass is 191 g/mol. The van der Waals surface area contributed by atoms with Gasteiger partial charge in [-0.2, -0.15) is 0 Å². The van der Waals surface area contributed by atoms with Crippen LogP contribution in [-0.2, 0) is 6.54 Å². The highest BCUT2D eigenvalue weighted by atomic mass is 32.1. The molecule has 1 fully saturated rings. The van der Waals surface area contributed by atoms with Gasteiger partial charge in [-0.3, -0.25) is 0 Å². The maximum absolute atomic E-state index is 2.37. The van der Waals surface area contributed by atoms with E-state index < -0.39 is 0 Å². The van der Waals surface area contributed by atoms with Gasteiger partial charge >= 0.3 is 0 Å². The second-order valence-corrected chi connectivity index (χ2v) is 4.70. The molecule has 1 aliphatic carbocycles. The topological polar surface area (TPSA) is 4.93 Å². The summed E-state index contributed by atoms with van der Waals surface area (Å²) in [5.41, 5.74) is 3.04. The first-order valence-electron chi connectivity index (χ1n) is 4.96. The highest BCUT2D eigenvalue weighted by molar-refractivity contribution is 7.17. The summed E-state index contributed by atoms with van der Waals surface area (Å²) in [5, 5.41) is 2.21. The standard InChI is InChI=1S/C11H13NS/c1-2-12-7-9(8-3-4-8)11-10(12)5-6-13-11/h5-8H,2-4H2,1H3. The summed E-state index contributed by atoms with van der Waals surface area (Å²) in [6, 6.07) is 2.25. The molecular formula is C11H13NS. The molecule has 0 spiro atoms. The molecule has 0 radical (unpaired) electrons. The Morgan fingerprint density at radius 1 is 1.54 bits per heavy atom. The van der Waals surface area contributed by atoms with Crippen LogP contribution in [0, 0.1) is 0 Å². The number of aryl methyl sites for hydroxylation is 1. The average Bonchev–Trinajstić information content (AvgIpc) is 2.77. The Morgan fingerprint density at radius 2 is 2.38 bits per heavy atom. The molecule has 0 aliphatic heterocycles. The molecule has 2 heteroatoms. The molecule has 2 aromatic rings. The van der Waals surface area contributed by atoms with Gasteiger partial charge in [-0.1, -0.05) is 0 Å². The molecule has 0 bridgehead atoms. The summed E-state index contributed by atoms with van der Waals surface area (Å²) in [6.07, 6.45) is 5.17. The van der Waals surface area contributed by atoms with Gasteiger partial charge in [-0.25, -0.2) is 0 Å². The summed E-state index contributed by atoms with van der Waals surface area (Å²) in [4.78, 5) is 0. The molecule has 0 unspecified atom stereocenters. The fraction of sp³-hybridized carbons (Fsp3) is 0.455. The lowest BCUT2D eigenvalue weighted by molar-refractivity contribution is 0.792. The maximum atomic E-state index is 2.37. The minimum absolute atomic E-state index is 0.883. The summed E-state index contributed by atoms with van der Waals surface area (Å²) < 4.78 is 3.91. The van der Waals surface area contributed by atoms with Gasteiger partial charge in [-0.05, 0) is 42.7 Å². The minimum atomic E-state index is 0.883. The predicted octanol–water partition coefficient (Wildman–Crippen LogP) is 3.60. The van der Waals surface area contributed by atoms with E-state index in [0.717, 1.165) is 12.5 Å². The van der Waals surface area contributed by atoms with Crippen molar-refractivity contribution in [2.24, 2.45) is 0 Å². The number of rotatable bonds is 2. The van der Waals surface area contributed by atoms with Gasteiger partial charge in [0.2, 0.25) is 0 Å². The highest BCUT2D eigenvalue weighted by Gasteiger charge is 2.27. The van der Waals surface area contributed by atoms with Gasteiger partial charge in [0.05, 0.1) is 10.2 Å². The molecular weight excluding hydrogens is 178 g/mol. The number of nitrogens with zero attached hydrogens (tertiary/aromatic N) is 1. The Balaban J connectivity index is 2.26. The van der Waals surface area contributed by atoms with E-state index in [4.69, 9.17) is 0 Å². The fourth-order valence-electron chi connectivity index (χ4n) is 1.99. The molecule has 1 saturated carbocycles. The summed E-state index contributed by atoms with van der Waals surface area (Å²) in [5.74, 6) is 0.883. The van der Waals surface area contributed by atoms with Crippen molar-refractivity contribution in [3.63, 3.8) is 0 Å². The van der Waals surface area contributed by atoms with Gasteiger partial charge in [0, 0.05) is 12.7 Å². The van der Waals surface area contributed by atoms with Gasteiger partial charge in [0.1, 0.15) is 0 Å². The van der Waals surface area contributed by atoms with Crippen molar-refractivity contribution in [2.45, 2.75) is 32.2 Å². The second kappa shape index (κ2) is 2.61. The van der Waals surface area contributed by atoms with Gasteiger partial charge in [0.15, 0.2) is 0 Å². The molecule has 1 aliphatic rings. The van der Waals surface area contributed by atoms with Crippen LogP contribution in [-0.4, -0.2) is 4.57 Å². The third-order valence-electron chi connectivity index (χ3n) is 2.87. The van der Waals surface area contributed by atoms with Crippen LogP contribution in [0.5, 0.6) is 0 Å². The predicted molar refractivity (Wildman–Crippen MR) is 57.5 cm³/mol. The van der Waals surface area contributed by atoms with Crippen LogP contribution in [0.15, 0.2) is 17.6 Å². The van der Waals surface area contributed by atoms with E-state index in [1.165, 1.54) is 23.1 Å². The molecule has 2 heterocycles. The largest absolute Gasteiger partial charge is 0.347 e. The number of aromatic nitrogens is 1. The van der Waals surface area contributed by atoms with Crippen molar-refractivity contribution in [1.29, 1.82) is 0 Å². The normalized spacial score (nSPS) is 17.0. The van der Waals surface area contributed by atoms with Gasteiger partial charge < -0.3 is 4.57 Å². The van der Waals surface area contributed by atoms with Gasteiger partial charge in [-0.15, -0.1) is 11.3 Å². The number of hydrogen-bond donors (Lipinski definition) is 0. The first-order chi connectivity index (χ1) is 6.40. The molecule has 68 valence electrons. The lowest BCUT2D eigenvalue weighted by atomic mass is 10.2. The van der Waals surface area contributed by atoms with Crippen molar-refractivity contribution in [3.05, 3.63) is 23.2 Å².